The summed E-state index contributed by atoms with van der Waals surface area (Å²) in [7, 11) is 0. The van der Waals surface area contributed by atoms with E-state index in [1.807, 2.05) is 18.2 Å². The molecule has 0 atom stereocenters. The Kier molecular flexibility index (Phi) is 36.1. The molecule has 0 unspecified atom stereocenters. The molecule has 0 saturated heterocycles. The molecule has 0 spiro atoms. The zero-order valence-electron chi connectivity index (χ0n) is 57.9. The Morgan fingerprint density at radius 1 is 0.368 bits per heavy atom. The minimum Gasteiger partial charge on any atom is -0.459 e. The van der Waals surface area contributed by atoms with Crippen molar-refractivity contribution in [3.63, 3.8) is 0 Å². The number of ether oxygens (including phenoxy) is 7. The van der Waals surface area contributed by atoms with E-state index in [-0.39, 0.29) is 35.4 Å². The summed E-state index contributed by atoms with van der Waals surface area (Å²) in [5.74, 6) is -4.51. The summed E-state index contributed by atoms with van der Waals surface area (Å²) in [5.41, 5.74) is 3.71. The molecule has 0 N–H and O–H groups in total. The second kappa shape index (κ2) is 41.2. The number of esters is 7. The number of carbonyl (C=O) groups excluding carboxylic acids is 7. The van der Waals surface area contributed by atoms with Crippen molar-refractivity contribution < 1.29 is 79.9 Å². The van der Waals surface area contributed by atoms with E-state index in [1.54, 1.807) is 52.8 Å². The number of carbonyl (C=O) groups is 7. The third-order valence-corrected chi connectivity index (χ3v) is 17.0. The smallest absolute Gasteiger partial charge is 0.459 e. The number of halogens is 3. The van der Waals surface area contributed by atoms with Crippen LogP contribution in [0.25, 0.3) is 0 Å². The zero-order chi connectivity index (χ0) is 71.5. The van der Waals surface area contributed by atoms with E-state index in [9.17, 15) is 46.7 Å². The van der Waals surface area contributed by atoms with E-state index in [1.165, 1.54) is 51.0 Å². The number of aryl methyl sites for hydroxylation is 1. The Labute approximate surface area is 564 Å². The maximum atomic E-state index is 11.9. The van der Waals surface area contributed by atoms with Gasteiger partial charge in [-0.05, 0) is 206 Å². The maximum Gasteiger partial charge on any atom is 0.490 e. The standard InChI is InChI=1S/C17H22O2.C16H20O2.C14H22O2.C12H18O2.C11H16O2.C8H9F3O4/c1-13(2)16(18)19-17(11-5-4-6-12-17)15-9-7-14(3)8-10-15;1-13(2)15(17)18-16(11-7-4-8-12-16)14-9-5-3-6-10-14;1-4-14(16-13(15)12(2)3)10-8-6-5-7-9-11-14;1-4-12(8-6-5-7-9-12)14-11(13)10(2)3;1-4-11(7-5-6-8-11)13-10(12)9(2)3;1-5(2)6(12)14-3-4-15-7(13)8(9,10)11/h7-10H,1,4-6,11-12H2,2-3H3;3,5-6,9-10H,1,4,7-8,11-12H2,2H3;4H,1-2,5-11H2,3H3;4H,1-2,5-9H2,3H3;4H,1-2,5-8H2,3H3;1,3-4H2,2H3. The maximum absolute atomic E-state index is 11.9. The van der Waals surface area contributed by atoms with Crippen LogP contribution in [0.3, 0.4) is 0 Å². The number of alkyl halides is 3. The summed E-state index contributed by atoms with van der Waals surface area (Å²) in [6, 6.07) is 18.4. The van der Waals surface area contributed by atoms with E-state index < -0.39 is 59.3 Å². The number of hydrogen-bond donors (Lipinski definition) is 0. The van der Waals surface area contributed by atoms with Crippen molar-refractivity contribution in [3.05, 3.63) is 182 Å². The molecule has 2 aromatic rings. The number of hydrogen-bond acceptors (Lipinski definition) is 14. The second-order valence-electron chi connectivity index (χ2n) is 25.6. The molecule has 0 bridgehead atoms. The molecule has 0 heterocycles. The monoisotopic (exact) mass is 1320 g/mol. The average Bonchev–Trinajstić information content (AvgIpc) is 1.33. The number of rotatable bonds is 19. The van der Waals surface area contributed by atoms with Crippen LogP contribution in [0.2, 0.25) is 0 Å². The van der Waals surface area contributed by atoms with Gasteiger partial charge in [-0.2, -0.15) is 13.2 Å². The molecule has 0 amide bonds. The fourth-order valence-electron chi connectivity index (χ4n) is 11.2. The third-order valence-electron chi connectivity index (χ3n) is 17.0. The predicted molar refractivity (Wildman–Crippen MR) is 367 cm³/mol. The molecule has 2 aromatic carbocycles. The predicted octanol–water partition coefficient (Wildman–Crippen LogP) is 18.8. The fourth-order valence-corrected chi connectivity index (χ4v) is 11.2. The van der Waals surface area contributed by atoms with Crippen molar-refractivity contribution in [1.82, 2.24) is 0 Å². The van der Waals surface area contributed by atoms with Crippen molar-refractivity contribution in [3.8, 4) is 0 Å². The van der Waals surface area contributed by atoms with Gasteiger partial charge in [0.05, 0.1) is 0 Å². The molecule has 0 radical (unpaired) electrons. The number of benzene rings is 2. The highest BCUT2D eigenvalue weighted by Gasteiger charge is 2.42. The summed E-state index contributed by atoms with van der Waals surface area (Å²) in [6.07, 6.45) is 27.8. The van der Waals surface area contributed by atoms with Gasteiger partial charge >= 0.3 is 48.0 Å². The summed E-state index contributed by atoms with van der Waals surface area (Å²) in [5, 5.41) is 0. The Morgan fingerprint density at radius 3 is 0.916 bits per heavy atom. The van der Waals surface area contributed by atoms with Crippen LogP contribution < -0.4 is 0 Å². The van der Waals surface area contributed by atoms with E-state index >= 15 is 0 Å². The van der Waals surface area contributed by atoms with E-state index in [0.717, 1.165) is 140 Å². The summed E-state index contributed by atoms with van der Waals surface area (Å²) >= 11 is 0. The lowest BCUT2D eigenvalue weighted by Crippen LogP contribution is -2.35. The van der Waals surface area contributed by atoms with Crippen LogP contribution in [0.4, 0.5) is 13.2 Å². The third kappa shape index (κ3) is 29.4. The van der Waals surface area contributed by atoms with Crippen molar-refractivity contribution in [1.29, 1.82) is 0 Å². The average molecular weight is 1330 g/mol. The van der Waals surface area contributed by atoms with Crippen molar-refractivity contribution in [2.75, 3.05) is 13.2 Å². The van der Waals surface area contributed by atoms with Gasteiger partial charge in [-0.15, -0.1) is 0 Å². The van der Waals surface area contributed by atoms with Crippen LogP contribution in [0.1, 0.15) is 225 Å². The molecule has 0 aliphatic heterocycles. The van der Waals surface area contributed by atoms with Crippen LogP contribution in [-0.4, -0.2) is 78.0 Å². The van der Waals surface area contributed by atoms with Gasteiger partial charge in [0.25, 0.3) is 0 Å². The Morgan fingerprint density at radius 2 is 0.621 bits per heavy atom. The molecule has 95 heavy (non-hydrogen) atoms. The van der Waals surface area contributed by atoms with Gasteiger partial charge in [-0.3, -0.25) is 0 Å². The summed E-state index contributed by atoms with van der Waals surface area (Å²) in [4.78, 5) is 78.9. The van der Waals surface area contributed by atoms with E-state index in [0.29, 0.717) is 27.9 Å². The summed E-state index contributed by atoms with van der Waals surface area (Å²) < 4.78 is 70.8. The molecular formula is C78H107F3O14. The SMILES string of the molecule is C=C(C)C(=O)OC1(c2ccc(C)cc2)CCCCC1.C=C(C)C(=O)OC1(c2ccccc2)CCCCC1.C=C(C)C(=O)OCCOC(=O)C(F)(F)F.C=CC1(OC(=O)C(=C)C)CCCC1.C=CC1(OC(=O)C(=C)C)CCCCC1.C=CC1(OC(=O)C(=C)C)CCCCCCC1. The first-order valence-electron chi connectivity index (χ1n) is 33.3. The minimum atomic E-state index is -5.03. The van der Waals surface area contributed by atoms with Gasteiger partial charge in [0.15, 0.2) is 0 Å². The lowest BCUT2D eigenvalue weighted by atomic mass is 9.79. The van der Waals surface area contributed by atoms with Crippen LogP contribution >= 0.6 is 0 Å². The Hall–Kier alpha value is -7.82. The van der Waals surface area contributed by atoms with Crippen molar-refractivity contribution in [2.45, 2.75) is 250 Å². The summed E-state index contributed by atoms with van der Waals surface area (Å²) in [6.45, 7) is 43.4. The molecule has 524 valence electrons. The first kappa shape index (κ1) is 83.3. The lowest BCUT2D eigenvalue weighted by Gasteiger charge is -2.37. The molecule has 17 heteroatoms. The first-order valence-corrected chi connectivity index (χ1v) is 33.3. The highest BCUT2D eigenvalue weighted by Crippen LogP contribution is 2.43. The van der Waals surface area contributed by atoms with Crippen molar-refractivity contribution in [2.24, 2.45) is 0 Å². The topological polar surface area (TPSA) is 184 Å². The van der Waals surface area contributed by atoms with E-state index in [4.69, 9.17) is 23.7 Å². The molecule has 5 fully saturated rings. The molecule has 5 saturated carbocycles. The zero-order valence-corrected chi connectivity index (χ0v) is 57.9. The molecule has 0 aromatic heterocycles. The van der Waals surface area contributed by atoms with Crippen LogP contribution in [-0.2, 0) is 77.9 Å². The largest absolute Gasteiger partial charge is 0.490 e. The molecule has 14 nitrogen and oxygen atoms in total. The van der Waals surface area contributed by atoms with Gasteiger partial charge in [0, 0.05) is 33.4 Å². The Bertz CT molecular complexity index is 2930. The van der Waals surface area contributed by atoms with Crippen molar-refractivity contribution >= 4 is 41.8 Å². The van der Waals surface area contributed by atoms with Gasteiger partial charge in [0.2, 0.25) is 0 Å². The molecule has 5 aliphatic carbocycles. The highest BCUT2D eigenvalue weighted by atomic mass is 19.4. The van der Waals surface area contributed by atoms with Gasteiger partial charge in [-0.1, -0.05) is 158 Å². The van der Waals surface area contributed by atoms with Crippen LogP contribution in [0.15, 0.2) is 165 Å². The Balaban J connectivity index is 0.000000390. The van der Waals surface area contributed by atoms with Gasteiger partial charge < -0.3 is 33.2 Å². The normalized spacial score (nSPS) is 17.7. The first-order chi connectivity index (χ1) is 44.7. The lowest BCUT2D eigenvalue weighted by molar-refractivity contribution is -0.200. The van der Waals surface area contributed by atoms with Gasteiger partial charge in [0.1, 0.15) is 41.2 Å². The highest BCUT2D eigenvalue weighted by molar-refractivity contribution is 5.89. The minimum absolute atomic E-state index is 0.108. The molecular weight excluding hydrogens is 1220 g/mol. The quantitative estimate of drug-likeness (QED) is 0.0425. The van der Waals surface area contributed by atoms with Crippen LogP contribution in [0, 0.1) is 6.92 Å². The van der Waals surface area contributed by atoms with Crippen LogP contribution in [0.5, 0.6) is 0 Å². The second-order valence-corrected chi connectivity index (χ2v) is 25.6. The molecule has 5 aliphatic rings. The van der Waals surface area contributed by atoms with E-state index in [2.05, 4.69) is 112 Å². The molecule has 7 rings (SSSR count). The van der Waals surface area contributed by atoms with Gasteiger partial charge in [-0.25, -0.2) is 33.6 Å². The fraction of sp³-hybridized carbons (Fsp3) is 0.526.